The Morgan fingerprint density at radius 2 is 2.03 bits per heavy atom. The van der Waals surface area contributed by atoms with Crippen molar-refractivity contribution < 1.29 is 17.9 Å². The number of aromatic amines is 1. The highest BCUT2D eigenvalue weighted by molar-refractivity contribution is 5.43. The Hall–Kier alpha value is -4.13. The molecule has 0 aliphatic heterocycles. The quantitative estimate of drug-likeness (QED) is 0.542. The fraction of sp³-hybridized carbons (Fsp3) is 0.217. The summed E-state index contributed by atoms with van der Waals surface area (Å²) >= 11 is 0. The van der Waals surface area contributed by atoms with E-state index in [2.05, 4.69) is 16.5 Å². The predicted molar refractivity (Wildman–Crippen MR) is 114 cm³/mol. The van der Waals surface area contributed by atoms with Crippen molar-refractivity contribution in [3.8, 4) is 17.6 Å². The lowest BCUT2D eigenvalue weighted by atomic mass is 10.1. The third kappa shape index (κ3) is 4.57. The molecule has 0 saturated carbocycles. The van der Waals surface area contributed by atoms with Crippen LogP contribution in [0, 0.1) is 17.1 Å². The highest BCUT2D eigenvalue weighted by Crippen LogP contribution is 2.38. The van der Waals surface area contributed by atoms with E-state index in [1.165, 1.54) is 24.3 Å². The molecule has 0 atom stereocenters. The maximum absolute atomic E-state index is 14.8. The number of hydrogen-bond acceptors (Lipinski definition) is 5. The molecule has 0 saturated heterocycles. The third-order valence-corrected chi connectivity index (χ3v) is 4.92. The molecule has 0 aliphatic carbocycles. The summed E-state index contributed by atoms with van der Waals surface area (Å²) in [5, 5.41) is 9.02. The van der Waals surface area contributed by atoms with E-state index in [4.69, 9.17) is 10.00 Å². The lowest BCUT2D eigenvalue weighted by molar-refractivity contribution is 0.0308. The Labute approximate surface area is 186 Å². The summed E-state index contributed by atoms with van der Waals surface area (Å²) in [5.74, 6) is -6.33. The minimum Gasteiger partial charge on any atom is -0.446 e. The van der Waals surface area contributed by atoms with Crippen molar-refractivity contribution in [1.82, 2.24) is 14.5 Å². The van der Waals surface area contributed by atoms with Crippen molar-refractivity contribution in [3.05, 3.63) is 97.9 Å². The molecule has 0 aliphatic rings. The first-order valence-corrected chi connectivity index (χ1v) is 9.81. The SMILES string of the molecule is C=C(C)C(F)(F)c1ncn(Cc2ccc(=O)[nH]c2CC)c(=O)c1Oc1cccc(C#N)c1F. The molecule has 0 fully saturated rings. The lowest BCUT2D eigenvalue weighted by Gasteiger charge is -2.20. The molecule has 7 nitrogen and oxygen atoms in total. The van der Waals surface area contributed by atoms with Crippen LogP contribution in [0.1, 0.15) is 36.4 Å². The van der Waals surface area contributed by atoms with E-state index in [-0.39, 0.29) is 17.7 Å². The molecule has 0 radical (unpaired) electrons. The number of pyridine rings is 1. The average molecular weight is 456 g/mol. The summed E-state index contributed by atoms with van der Waals surface area (Å²) in [6, 6.07) is 7.97. The van der Waals surface area contributed by atoms with Gasteiger partial charge in [-0.25, -0.2) is 9.37 Å². The number of aryl methyl sites for hydroxylation is 1. The van der Waals surface area contributed by atoms with Gasteiger partial charge in [0.25, 0.3) is 5.56 Å². The van der Waals surface area contributed by atoms with E-state index in [1.54, 1.807) is 13.0 Å². The smallest absolute Gasteiger partial charge is 0.314 e. The summed E-state index contributed by atoms with van der Waals surface area (Å²) in [4.78, 5) is 31.1. The molecule has 33 heavy (non-hydrogen) atoms. The van der Waals surface area contributed by atoms with Crippen LogP contribution in [0.2, 0.25) is 0 Å². The van der Waals surface area contributed by atoms with Crippen molar-refractivity contribution in [3.63, 3.8) is 0 Å². The van der Waals surface area contributed by atoms with Gasteiger partial charge in [0.05, 0.1) is 18.4 Å². The molecule has 0 spiro atoms. The van der Waals surface area contributed by atoms with E-state index >= 15 is 0 Å². The second-order valence-electron chi connectivity index (χ2n) is 7.22. The maximum atomic E-state index is 14.8. The van der Waals surface area contributed by atoms with Crippen molar-refractivity contribution >= 4 is 0 Å². The van der Waals surface area contributed by atoms with E-state index in [1.807, 2.05) is 0 Å². The van der Waals surface area contributed by atoms with Gasteiger partial charge in [-0.3, -0.25) is 14.2 Å². The number of nitrogens with zero attached hydrogens (tertiary/aromatic N) is 3. The minimum atomic E-state index is -3.75. The Morgan fingerprint density at radius 3 is 2.67 bits per heavy atom. The highest BCUT2D eigenvalue weighted by Gasteiger charge is 2.40. The zero-order valence-corrected chi connectivity index (χ0v) is 17.8. The first kappa shape index (κ1) is 23.5. The molecule has 3 aromatic rings. The van der Waals surface area contributed by atoms with E-state index < -0.39 is 40.1 Å². The van der Waals surface area contributed by atoms with Crippen LogP contribution in [-0.2, 0) is 18.9 Å². The maximum Gasteiger partial charge on any atom is 0.314 e. The summed E-state index contributed by atoms with van der Waals surface area (Å²) in [6.45, 7) is 5.99. The van der Waals surface area contributed by atoms with E-state index in [9.17, 15) is 22.8 Å². The number of aromatic nitrogens is 3. The predicted octanol–water partition coefficient (Wildman–Crippen LogP) is 4.01. The summed E-state index contributed by atoms with van der Waals surface area (Å²) in [6.07, 6.45) is 1.38. The molecule has 2 aromatic heterocycles. The monoisotopic (exact) mass is 456 g/mol. The summed E-state index contributed by atoms with van der Waals surface area (Å²) in [7, 11) is 0. The fourth-order valence-electron chi connectivity index (χ4n) is 3.08. The van der Waals surface area contributed by atoms with Crippen LogP contribution in [0.15, 0.2) is 58.4 Å². The largest absolute Gasteiger partial charge is 0.446 e. The van der Waals surface area contributed by atoms with Crippen LogP contribution in [0.5, 0.6) is 11.5 Å². The van der Waals surface area contributed by atoms with Crippen LogP contribution in [0.3, 0.4) is 0 Å². The van der Waals surface area contributed by atoms with Gasteiger partial charge in [-0.1, -0.05) is 25.6 Å². The third-order valence-electron chi connectivity index (χ3n) is 4.92. The topological polar surface area (TPSA) is 101 Å². The number of halogens is 3. The Bertz CT molecular complexity index is 1390. The molecule has 0 amide bonds. The number of nitriles is 1. The van der Waals surface area contributed by atoms with Crippen LogP contribution in [0.4, 0.5) is 13.2 Å². The van der Waals surface area contributed by atoms with Crippen molar-refractivity contribution in [1.29, 1.82) is 5.26 Å². The molecule has 0 unspecified atom stereocenters. The number of H-pyrrole nitrogens is 1. The molecule has 2 heterocycles. The number of ether oxygens (including phenoxy) is 1. The van der Waals surface area contributed by atoms with Crippen molar-refractivity contribution in [2.24, 2.45) is 0 Å². The number of benzene rings is 1. The lowest BCUT2D eigenvalue weighted by Crippen LogP contribution is -2.29. The van der Waals surface area contributed by atoms with E-state index in [0.717, 1.165) is 23.9 Å². The normalized spacial score (nSPS) is 11.2. The molecule has 1 aromatic carbocycles. The van der Waals surface area contributed by atoms with Gasteiger partial charge < -0.3 is 9.72 Å². The summed E-state index contributed by atoms with van der Waals surface area (Å²) < 4.78 is 50.5. The molecule has 3 rings (SSSR count). The molecule has 10 heteroatoms. The second kappa shape index (κ2) is 9.16. The number of hydrogen-bond donors (Lipinski definition) is 1. The van der Waals surface area contributed by atoms with Gasteiger partial charge in [-0.05, 0) is 36.6 Å². The standard InChI is InChI=1S/C23H19F3N4O3/c1-4-16-15(8-9-18(31)29-16)11-30-12-28-21(23(25,26)13(2)3)20(22(30)32)33-17-7-5-6-14(10-27)19(17)24/h5-9,12H,2,4,11H2,1,3H3,(H,29,31). The number of allylic oxidation sites excluding steroid dienone is 1. The van der Waals surface area contributed by atoms with Gasteiger partial charge in [0.2, 0.25) is 11.3 Å². The first-order chi connectivity index (χ1) is 15.6. The van der Waals surface area contributed by atoms with Gasteiger partial charge in [0, 0.05) is 11.8 Å². The average Bonchev–Trinajstić information content (AvgIpc) is 2.78. The zero-order chi connectivity index (χ0) is 24.3. The van der Waals surface area contributed by atoms with Gasteiger partial charge in [0.15, 0.2) is 17.3 Å². The molecular weight excluding hydrogens is 437 g/mol. The van der Waals surface area contributed by atoms with Gasteiger partial charge in [-0.15, -0.1) is 0 Å². The van der Waals surface area contributed by atoms with Crippen molar-refractivity contribution in [2.45, 2.75) is 32.7 Å². The highest BCUT2D eigenvalue weighted by atomic mass is 19.3. The van der Waals surface area contributed by atoms with Gasteiger partial charge >= 0.3 is 5.92 Å². The first-order valence-electron chi connectivity index (χ1n) is 9.81. The second-order valence-corrected chi connectivity index (χ2v) is 7.22. The van der Waals surface area contributed by atoms with Crippen LogP contribution >= 0.6 is 0 Å². The zero-order valence-electron chi connectivity index (χ0n) is 17.8. The Morgan fingerprint density at radius 1 is 1.30 bits per heavy atom. The summed E-state index contributed by atoms with van der Waals surface area (Å²) in [5.41, 5.74) is -2.23. The van der Waals surface area contributed by atoms with Crippen LogP contribution < -0.4 is 15.9 Å². The molecule has 170 valence electrons. The Kier molecular flexibility index (Phi) is 6.53. The van der Waals surface area contributed by atoms with Gasteiger partial charge in [-0.2, -0.15) is 14.0 Å². The number of rotatable bonds is 7. The van der Waals surface area contributed by atoms with Crippen molar-refractivity contribution in [2.75, 3.05) is 0 Å². The van der Waals surface area contributed by atoms with Gasteiger partial charge in [0.1, 0.15) is 6.07 Å². The van der Waals surface area contributed by atoms with E-state index in [0.29, 0.717) is 17.7 Å². The number of nitrogens with one attached hydrogen (secondary N) is 1. The number of alkyl halides is 2. The van der Waals surface area contributed by atoms with Crippen LogP contribution in [-0.4, -0.2) is 14.5 Å². The molecule has 1 N–H and O–H groups in total. The fourth-order valence-corrected chi connectivity index (χ4v) is 3.08. The molecule has 0 bridgehead atoms. The van der Waals surface area contributed by atoms with Crippen LogP contribution in [0.25, 0.3) is 0 Å². The Balaban J connectivity index is 2.19. The molecular formula is C23H19F3N4O3. The minimum absolute atomic E-state index is 0.109.